The molecular weight excluding hydrogens is 344 g/mol. The third-order valence-corrected chi connectivity index (χ3v) is 15.0. The summed E-state index contributed by atoms with van der Waals surface area (Å²) in [6.07, 6.45) is 2.49. The van der Waals surface area contributed by atoms with Crippen molar-refractivity contribution in [2.45, 2.75) is 78.2 Å². The summed E-state index contributed by atoms with van der Waals surface area (Å²) in [4.78, 5) is 2.66. The molecule has 0 saturated carbocycles. The lowest BCUT2D eigenvalue weighted by molar-refractivity contribution is 0.173. The Morgan fingerprint density at radius 3 is 1.80 bits per heavy atom. The SMILES string of the molecule is CCO[Si](C)(CCCCN1CCN([Si](C)(C)C(C)(C)C)CC1)OCC. The molecule has 0 unspecified atom stereocenters. The molecule has 4 nitrogen and oxygen atoms in total. The summed E-state index contributed by atoms with van der Waals surface area (Å²) >= 11 is 0. The minimum Gasteiger partial charge on any atom is -0.395 e. The molecule has 1 fully saturated rings. The van der Waals surface area contributed by atoms with E-state index < -0.39 is 16.8 Å². The van der Waals surface area contributed by atoms with Crippen LogP contribution in [0.2, 0.25) is 30.7 Å². The highest BCUT2D eigenvalue weighted by molar-refractivity contribution is 6.77. The molecular formula is C19H44N2O2Si2. The number of hydrogen-bond acceptors (Lipinski definition) is 4. The fourth-order valence-electron chi connectivity index (χ4n) is 3.58. The molecule has 0 aliphatic carbocycles. The number of hydrogen-bond donors (Lipinski definition) is 0. The van der Waals surface area contributed by atoms with Crippen molar-refractivity contribution in [2.24, 2.45) is 0 Å². The van der Waals surface area contributed by atoms with E-state index in [1.807, 2.05) is 0 Å². The van der Waals surface area contributed by atoms with E-state index in [0.29, 0.717) is 5.04 Å². The smallest absolute Gasteiger partial charge is 0.334 e. The zero-order valence-corrected chi connectivity index (χ0v) is 20.3. The summed E-state index contributed by atoms with van der Waals surface area (Å²) < 4.78 is 14.7. The van der Waals surface area contributed by atoms with E-state index in [2.05, 4.69) is 63.7 Å². The van der Waals surface area contributed by atoms with Crippen LogP contribution in [-0.2, 0) is 8.85 Å². The van der Waals surface area contributed by atoms with Crippen LogP contribution in [0.15, 0.2) is 0 Å². The molecule has 6 heteroatoms. The van der Waals surface area contributed by atoms with Gasteiger partial charge in [0.1, 0.15) is 8.24 Å². The largest absolute Gasteiger partial charge is 0.395 e. The molecule has 0 aromatic rings. The Kier molecular flexibility index (Phi) is 9.32. The van der Waals surface area contributed by atoms with Crippen molar-refractivity contribution in [1.29, 1.82) is 0 Å². The lowest BCUT2D eigenvalue weighted by atomic mass is 10.2. The highest BCUT2D eigenvalue weighted by atomic mass is 28.4. The Hall–Kier alpha value is 0.274. The minimum absolute atomic E-state index is 0.447. The molecule has 0 amide bonds. The first-order valence-electron chi connectivity index (χ1n) is 10.3. The zero-order chi connectivity index (χ0) is 19.1. The molecule has 0 N–H and O–H groups in total. The highest BCUT2D eigenvalue weighted by Crippen LogP contribution is 2.38. The van der Waals surface area contributed by atoms with E-state index in [1.165, 1.54) is 45.6 Å². The number of unbranched alkanes of at least 4 members (excludes halogenated alkanes) is 1. The fourth-order valence-corrected chi connectivity index (χ4v) is 8.34. The Balaban J connectivity index is 2.31. The van der Waals surface area contributed by atoms with Crippen molar-refractivity contribution in [1.82, 2.24) is 9.47 Å². The van der Waals surface area contributed by atoms with Gasteiger partial charge in [0, 0.05) is 39.4 Å². The summed E-state index contributed by atoms with van der Waals surface area (Å²) in [5.41, 5.74) is 0. The summed E-state index contributed by atoms with van der Waals surface area (Å²) in [5.74, 6) is 0. The summed E-state index contributed by atoms with van der Waals surface area (Å²) in [6.45, 7) is 26.5. The van der Waals surface area contributed by atoms with Gasteiger partial charge in [-0.2, -0.15) is 0 Å². The first kappa shape index (κ1) is 23.3. The van der Waals surface area contributed by atoms with Crippen LogP contribution in [0, 0.1) is 0 Å². The molecule has 0 radical (unpaired) electrons. The van der Waals surface area contributed by atoms with E-state index in [9.17, 15) is 0 Å². The molecule has 1 aliphatic rings. The fraction of sp³-hybridized carbons (Fsp3) is 1.00. The van der Waals surface area contributed by atoms with Gasteiger partial charge in [-0.3, -0.25) is 0 Å². The van der Waals surface area contributed by atoms with E-state index in [-0.39, 0.29) is 0 Å². The maximum absolute atomic E-state index is 5.95. The van der Waals surface area contributed by atoms with Gasteiger partial charge in [0.05, 0.1) is 0 Å². The Morgan fingerprint density at radius 1 is 0.840 bits per heavy atom. The van der Waals surface area contributed by atoms with Gasteiger partial charge in [-0.15, -0.1) is 0 Å². The lowest BCUT2D eigenvalue weighted by Crippen LogP contribution is -2.61. The first-order chi connectivity index (χ1) is 11.6. The van der Waals surface area contributed by atoms with E-state index in [1.54, 1.807) is 0 Å². The molecule has 0 aromatic heterocycles. The summed E-state index contributed by atoms with van der Waals surface area (Å²) in [5, 5.41) is 0.447. The summed E-state index contributed by atoms with van der Waals surface area (Å²) in [6, 6.07) is 1.12. The van der Waals surface area contributed by atoms with Crippen LogP contribution in [0.3, 0.4) is 0 Å². The van der Waals surface area contributed by atoms with E-state index in [0.717, 1.165) is 19.3 Å². The number of rotatable bonds is 10. The van der Waals surface area contributed by atoms with Gasteiger partial charge in [-0.05, 0) is 44.4 Å². The molecule has 0 bridgehead atoms. The van der Waals surface area contributed by atoms with Crippen molar-refractivity contribution in [2.75, 3.05) is 45.9 Å². The van der Waals surface area contributed by atoms with E-state index in [4.69, 9.17) is 8.85 Å². The van der Waals surface area contributed by atoms with Crippen LogP contribution >= 0.6 is 0 Å². The third-order valence-electron chi connectivity index (χ3n) is 6.25. The standard InChI is InChI=1S/C19H44N2O2Si2/c1-9-22-25(8,23-10-2)18-12-11-13-20-14-16-21(17-15-20)24(6,7)19(3,4)5/h9-18H2,1-8H3. The second-order valence-electron chi connectivity index (χ2n) is 9.09. The molecule has 150 valence electrons. The lowest BCUT2D eigenvalue weighted by Gasteiger charge is -2.49. The third kappa shape index (κ3) is 7.07. The van der Waals surface area contributed by atoms with Crippen LogP contribution in [0.5, 0.6) is 0 Å². The average molecular weight is 389 g/mol. The molecule has 1 rings (SSSR count). The minimum atomic E-state index is -1.91. The maximum atomic E-state index is 5.95. The predicted molar refractivity (Wildman–Crippen MR) is 114 cm³/mol. The first-order valence-corrected chi connectivity index (χ1v) is 15.8. The van der Waals surface area contributed by atoms with Crippen molar-refractivity contribution in [3.8, 4) is 0 Å². The van der Waals surface area contributed by atoms with Crippen LogP contribution < -0.4 is 0 Å². The van der Waals surface area contributed by atoms with Crippen LogP contribution in [0.4, 0.5) is 0 Å². The predicted octanol–water partition coefficient (Wildman–Crippen LogP) is 4.53. The van der Waals surface area contributed by atoms with Crippen LogP contribution in [0.1, 0.15) is 47.5 Å². The highest BCUT2D eigenvalue weighted by Gasteiger charge is 2.41. The van der Waals surface area contributed by atoms with Crippen molar-refractivity contribution < 1.29 is 8.85 Å². The second kappa shape index (κ2) is 9.99. The topological polar surface area (TPSA) is 24.9 Å². The Bertz CT molecular complexity index is 372. The maximum Gasteiger partial charge on any atom is 0.334 e. The normalized spacial score (nSPS) is 18.7. The Morgan fingerprint density at radius 2 is 1.36 bits per heavy atom. The number of nitrogens with zero attached hydrogens (tertiary/aromatic N) is 2. The van der Waals surface area contributed by atoms with Gasteiger partial charge in [0.15, 0.2) is 0 Å². The molecule has 1 aliphatic heterocycles. The average Bonchev–Trinajstić information content (AvgIpc) is 2.51. The van der Waals surface area contributed by atoms with Crippen LogP contribution in [-0.4, -0.2) is 72.2 Å². The van der Waals surface area contributed by atoms with E-state index >= 15 is 0 Å². The Labute approximate surface area is 159 Å². The second-order valence-corrected chi connectivity index (χ2v) is 17.7. The van der Waals surface area contributed by atoms with Gasteiger partial charge in [0.25, 0.3) is 0 Å². The monoisotopic (exact) mass is 388 g/mol. The van der Waals surface area contributed by atoms with Gasteiger partial charge in [0.2, 0.25) is 0 Å². The van der Waals surface area contributed by atoms with Crippen molar-refractivity contribution in [3.63, 3.8) is 0 Å². The molecule has 25 heavy (non-hydrogen) atoms. The zero-order valence-electron chi connectivity index (χ0n) is 18.3. The quantitative estimate of drug-likeness (QED) is 0.405. The molecule has 1 heterocycles. The summed E-state index contributed by atoms with van der Waals surface area (Å²) in [7, 11) is -3.25. The van der Waals surface area contributed by atoms with Crippen molar-refractivity contribution >= 4 is 16.8 Å². The van der Waals surface area contributed by atoms with Gasteiger partial charge >= 0.3 is 8.56 Å². The molecule has 0 spiro atoms. The van der Waals surface area contributed by atoms with Gasteiger partial charge in [-0.25, -0.2) is 0 Å². The van der Waals surface area contributed by atoms with Gasteiger partial charge < -0.3 is 18.3 Å². The molecule has 0 aromatic carbocycles. The van der Waals surface area contributed by atoms with Crippen LogP contribution in [0.25, 0.3) is 0 Å². The molecule has 1 saturated heterocycles. The van der Waals surface area contributed by atoms with Crippen molar-refractivity contribution in [3.05, 3.63) is 0 Å². The number of piperazine rings is 1. The van der Waals surface area contributed by atoms with Gasteiger partial charge in [-0.1, -0.05) is 40.3 Å². The molecule has 0 atom stereocenters.